The smallest absolute Gasteiger partial charge is 0.254 e. The number of nitrogens with one attached hydrogen (secondary N) is 1. The topological polar surface area (TPSA) is 88.9 Å². The van der Waals surface area contributed by atoms with Crippen LogP contribution in [0.2, 0.25) is 0 Å². The van der Waals surface area contributed by atoms with Crippen LogP contribution in [0.15, 0.2) is 45.9 Å². The highest BCUT2D eigenvalue weighted by Gasteiger charge is 2.22. The number of hydrogen-bond donors (Lipinski definition) is 1. The summed E-state index contributed by atoms with van der Waals surface area (Å²) in [6.45, 7) is 4.75. The van der Waals surface area contributed by atoms with E-state index in [1.165, 1.54) is 12.1 Å². The predicted molar refractivity (Wildman–Crippen MR) is 97.4 cm³/mol. The van der Waals surface area contributed by atoms with Gasteiger partial charge in [-0.1, -0.05) is 13.0 Å². The van der Waals surface area contributed by atoms with Crippen molar-refractivity contribution in [1.29, 1.82) is 0 Å². The molecular formula is C18H24N2O5S. The van der Waals surface area contributed by atoms with Crippen LogP contribution in [0, 0.1) is 6.92 Å². The van der Waals surface area contributed by atoms with E-state index in [9.17, 15) is 13.2 Å². The molecule has 0 spiro atoms. The monoisotopic (exact) mass is 380 g/mol. The summed E-state index contributed by atoms with van der Waals surface area (Å²) < 4.78 is 37.3. The van der Waals surface area contributed by atoms with Crippen molar-refractivity contribution < 1.29 is 22.4 Å². The SMILES string of the molecule is CCNS(=O)(=O)c1ccc(C)c(C(=O)N(CCOC)Cc2ccco2)c1. The normalized spacial score (nSPS) is 11.5. The van der Waals surface area contributed by atoms with Gasteiger partial charge >= 0.3 is 0 Å². The van der Waals surface area contributed by atoms with Crippen LogP contribution >= 0.6 is 0 Å². The zero-order valence-corrected chi connectivity index (χ0v) is 16.0. The molecule has 142 valence electrons. The molecular weight excluding hydrogens is 356 g/mol. The number of hydrogen-bond acceptors (Lipinski definition) is 5. The van der Waals surface area contributed by atoms with Crippen molar-refractivity contribution in [3.05, 3.63) is 53.5 Å². The van der Waals surface area contributed by atoms with Gasteiger partial charge in [0.1, 0.15) is 5.76 Å². The molecule has 0 atom stereocenters. The Hall–Kier alpha value is -2.16. The van der Waals surface area contributed by atoms with Crippen molar-refractivity contribution in [1.82, 2.24) is 9.62 Å². The first-order chi connectivity index (χ1) is 12.4. The van der Waals surface area contributed by atoms with Crippen LogP contribution in [0.25, 0.3) is 0 Å². The molecule has 26 heavy (non-hydrogen) atoms. The number of furan rings is 1. The molecule has 0 unspecified atom stereocenters. The number of carbonyl (C=O) groups excluding carboxylic acids is 1. The highest BCUT2D eigenvalue weighted by atomic mass is 32.2. The second kappa shape index (κ2) is 8.98. The third-order valence-electron chi connectivity index (χ3n) is 3.86. The molecule has 1 amide bonds. The van der Waals surface area contributed by atoms with Gasteiger partial charge in [0.15, 0.2) is 0 Å². The van der Waals surface area contributed by atoms with Gasteiger partial charge in [0.05, 0.1) is 24.3 Å². The number of aryl methyl sites for hydroxylation is 1. The Morgan fingerprint density at radius 1 is 1.31 bits per heavy atom. The number of methoxy groups -OCH3 is 1. The van der Waals surface area contributed by atoms with Gasteiger partial charge in [0.2, 0.25) is 10.0 Å². The summed E-state index contributed by atoms with van der Waals surface area (Å²) >= 11 is 0. The summed E-state index contributed by atoms with van der Waals surface area (Å²) in [5.41, 5.74) is 1.04. The number of benzene rings is 1. The number of nitrogens with zero attached hydrogens (tertiary/aromatic N) is 1. The highest BCUT2D eigenvalue weighted by molar-refractivity contribution is 7.89. The van der Waals surface area contributed by atoms with E-state index in [0.717, 1.165) is 0 Å². The van der Waals surface area contributed by atoms with Gasteiger partial charge in [-0.15, -0.1) is 0 Å². The molecule has 0 saturated heterocycles. The molecule has 1 aromatic heterocycles. The molecule has 0 saturated carbocycles. The molecule has 0 aliphatic rings. The van der Waals surface area contributed by atoms with Crippen LogP contribution in [0.1, 0.15) is 28.6 Å². The van der Waals surface area contributed by atoms with E-state index in [0.29, 0.717) is 30.0 Å². The molecule has 1 aromatic carbocycles. The van der Waals surface area contributed by atoms with Crippen molar-refractivity contribution in [2.45, 2.75) is 25.3 Å². The van der Waals surface area contributed by atoms with Crippen molar-refractivity contribution in [2.75, 3.05) is 26.8 Å². The maximum Gasteiger partial charge on any atom is 0.254 e. The van der Waals surface area contributed by atoms with Crippen LogP contribution in [0.5, 0.6) is 0 Å². The van der Waals surface area contributed by atoms with E-state index in [1.807, 2.05) is 0 Å². The summed E-state index contributed by atoms with van der Waals surface area (Å²) in [7, 11) is -2.08. The fourth-order valence-corrected chi connectivity index (χ4v) is 3.55. The maximum absolute atomic E-state index is 13.0. The third kappa shape index (κ3) is 4.94. The molecule has 0 fully saturated rings. The quantitative estimate of drug-likeness (QED) is 0.720. The molecule has 7 nitrogen and oxygen atoms in total. The lowest BCUT2D eigenvalue weighted by atomic mass is 10.1. The molecule has 8 heteroatoms. The zero-order chi connectivity index (χ0) is 19.2. The fourth-order valence-electron chi connectivity index (χ4n) is 2.49. The molecule has 0 radical (unpaired) electrons. The Morgan fingerprint density at radius 2 is 2.08 bits per heavy atom. The fraction of sp³-hybridized carbons (Fsp3) is 0.389. The van der Waals surface area contributed by atoms with Gasteiger partial charge in [0, 0.05) is 25.8 Å². The predicted octanol–water partition coefficient (Wildman–Crippen LogP) is 2.18. The lowest BCUT2D eigenvalue weighted by molar-refractivity contribution is 0.0665. The molecule has 2 rings (SSSR count). The zero-order valence-electron chi connectivity index (χ0n) is 15.2. The molecule has 0 bridgehead atoms. The van der Waals surface area contributed by atoms with Gasteiger partial charge in [-0.2, -0.15) is 0 Å². The second-order valence-electron chi connectivity index (χ2n) is 5.78. The summed E-state index contributed by atoms with van der Waals surface area (Å²) in [6, 6.07) is 8.09. The van der Waals surface area contributed by atoms with Crippen molar-refractivity contribution in [3.63, 3.8) is 0 Å². The van der Waals surface area contributed by atoms with E-state index in [4.69, 9.17) is 9.15 Å². The average molecular weight is 380 g/mol. The maximum atomic E-state index is 13.0. The van der Waals surface area contributed by atoms with E-state index < -0.39 is 10.0 Å². The Kier molecular flexibility index (Phi) is 6.96. The van der Waals surface area contributed by atoms with Crippen LogP contribution in [-0.2, 0) is 21.3 Å². The second-order valence-corrected chi connectivity index (χ2v) is 7.54. The average Bonchev–Trinajstić information content (AvgIpc) is 3.11. The first-order valence-electron chi connectivity index (χ1n) is 8.30. The first-order valence-corrected chi connectivity index (χ1v) is 9.78. The number of sulfonamides is 1. The van der Waals surface area contributed by atoms with Crippen LogP contribution < -0.4 is 4.72 Å². The van der Waals surface area contributed by atoms with E-state index in [2.05, 4.69) is 4.72 Å². The van der Waals surface area contributed by atoms with Gasteiger partial charge < -0.3 is 14.1 Å². The molecule has 1 heterocycles. The van der Waals surface area contributed by atoms with E-state index in [-0.39, 0.29) is 23.9 Å². The molecule has 0 aliphatic heterocycles. The minimum Gasteiger partial charge on any atom is -0.467 e. The van der Waals surface area contributed by atoms with Gasteiger partial charge in [-0.05, 0) is 36.8 Å². The van der Waals surface area contributed by atoms with Crippen LogP contribution in [0.3, 0.4) is 0 Å². The Labute approximate surface area is 154 Å². The summed E-state index contributed by atoms with van der Waals surface area (Å²) in [5, 5.41) is 0. The van der Waals surface area contributed by atoms with Gasteiger partial charge in [0.25, 0.3) is 5.91 Å². The Balaban J connectivity index is 2.34. The van der Waals surface area contributed by atoms with Gasteiger partial charge in [-0.3, -0.25) is 4.79 Å². The molecule has 2 aromatic rings. The Bertz CT molecular complexity index is 831. The number of rotatable bonds is 9. The summed E-state index contributed by atoms with van der Waals surface area (Å²) in [5.74, 6) is 0.369. The minimum absolute atomic E-state index is 0.0676. The first kappa shape index (κ1) is 20.2. The standard InChI is InChI=1S/C18H24N2O5S/c1-4-19-26(22,23)16-8-7-14(2)17(12-16)18(21)20(9-11-24-3)13-15-6-5-10-25-15/h5-8,10,12,19H,4,9,11,13H2,1-3H3. The largest absolute Gasteiger partial charge is 0.467 e. The number of carbonyl (C=O) groups is 1. The van der Waals surface area contributed by atoms with Crippen LogP contribution in [0.4, 0.5) is 0 Å². The number of ether oxygens (including phenoxy) is 1. The highest BCUT2D eigenvalue weighted by Crippen LogP contribution is 2.19. The lowest BCUT2D eigenvalue weighted by Gasteiger charge is -2.22. The third-order valence-corrected chi connectivity index (χ3v) is 5.41. The minimum atomic E-state index is -3.64. The molecule has 0 aliphatic carbocycles. The van der Waals surface area contributed by atoms with Crippen LogP contribution in [-0.4, -0.2) is 46.0 Å². The summed E-state index contributed by atoms with van der Waals surface area (Å²) in [6.07, 6.45) is 1.54. The van der Waals surface area contributed by atoms with Gasteiger partial charge in [-0.25, -0.2) is 13.1 Å². The van der Waals surface area contributed by atoms with Crippen molar-refractivity contribution >= 4 is 15.9 Å². The summed E-state index contributed by atoms with van der Waals surface area (Å²) in [4.78, 5) is 14.7. The number of amides is 1. The molecule has 1 N–H and O–H groups in total. The van der Waals surface area contributed by atoms with E-state index in [1.54, 1.807) is 50.3 Å². The van der Waals surface area contributed by atoms with Crippen molar-refractivity contribution in [2.24, 2.45) is 0 Å². The van der Waals surface area contributed by atoms with Crippen molar-refractivity contribution in [3.8, 4) is 0 Å². The lowest BCUT2D eigenvalue weighted by Crippen LogP contribution is -2.34. The Morgan fingerprint density at radius 3 is 2.69 bits per heavy atom. The van der Waals surface area contributed by atoms with E-state index >= 15 is 0 Å².